The Morgan fingerprint density at radius 1 is 1.43 bits per heavy atom. The molecule has 0 spiro atoms. The van der Waals surface area contributed by atoms with Gasteiger partial charge in [-0.1, -0.05) is 41.9 Å². The highest BCUT2D eigenvalue weighted by atomic mass is 79.9. The van der Waals surface area contributed by atoms with Crippen LogP contribution in [0.3, 0.4) is 0 Å². The molecule has 2 N–H and O–H groups in total. The Kier molecular flexibility index (Phi) is 5.27. The van der Waals surface area contributed by atoms with Crippen LogP contribution in [0, 0.1) is 0 Å². The number of guanidine groups is 1. The van der Waals surface area contributed by atoms with Crippen LogP contribution in [0.15, 0.2) is 33.7 Å². The molecule has 21 heavy (non-hydrogen) atoms. The lowest BCUT2D eigenvalue weighted by molar-refractivity contribution is 0.00527. The molecule has 0 radical (unpaired) electrons. The highest BCUT2D eigenvalue weighted by Gasteiger charge is 2.22. The number of hydrogen-bond donors (Lipinski definition) is 1. The molecule has 4 nitrogen and oxygen atoms in total. The van der Waals surface area contributed by atoms with Crippen molar-refractivity contribution in [3.63, 3.8) is 0 Å². The van der Waals surface area contributed by atoms with Crippen LogP contribution >= 0.6 is 15.9 Å². The van der Waals surface area contributed by atoms with E-state index in [-0.39, 0.29) is 11.5 Å². The molecular weight excluding hydrogens is 330 g/mol. The average molecular weight is 354 g/mol. The molecule has 116 valence electrons. The zero-order valence-corrected chi connectivity index (χ0v) is 14.6. The third-order valence-corrected chi connectivity index (χ3v) is 4.36. The van der Waals surface area contributed by atoms with Crippen molar-refractivity contribution in [3.05, 3.63) is 34.3 Å². The third kappa shape index (κ3) is 4.45. The molecule has 1 fully saturated rings. The van der Waals surface area contributed by atoms with Gasteiger partial charge in [-0.25, -0.2) is 0 Å². The van der Waals surface area contributed by atoms with Gasteiger partial charge in [0.2, 0.25) is 0 Å². The van der Waals surface area contributed by atoms with Crippen molar-refractivity contribution in [2.24, 2.45) is 10.7 Å². The SMILES string of the molecule is CC1CN(C(N)=NCC(C)(C)c2ccc(Br)cc2)CCO1. The minimum atomic E-state index is -0.0385. The molecule has 0 aromatic heterocycles. The van der Waals surface area contributed by atoms with E-state index in [2.05, 4.69) is 70.9 Å². The Balaban J connectivity index is 2.02. The van der Waals surface area contributed by atoms with Crippen LogP contribution in [0.1, 0.15) is 26.3 Å². The first-order chi connectivity index (χ1) is 9.88. The number of rotatable bonds is 3. The van der Waals surface area contributed by atoms with Gasteiger partial charge in [0.15, 0.2) is 5.96 Å². The van der Waals surface area contributed by atoms with Crippen LogP contribution in [0.25, 0.3) is 0 Å². The fourth-order valence-corrected chi connectivity index (χ4v) is 2.66. The normalized spacial score (nSPS) is 20.7. The van der Waals surface area contributed by atoms with Crippen LogP contribution in [-0.4, -0.2) is 43.2 Å². The predicted molar refractivity (Wildman–Crippen MR) is 90.6 cm³/mol. The molecule has 0 aliphatic carbocycles. The molecule has 5 heteroatoms. The van der Waals surface area contributed by atoms with Crippen molar-refractivity contribution in [2.45, 2.75) is 32.3 Å². The summed E-state index contributed by atoms with van der Waals surface area (Å²) in [7, 11) is 0. The molecule has 1 aliphatic rings. The topological polar surface area (TPSA) is 50.8 Å². The zero-order valence-electron chi connectivity index (χ0n) is 13.0. The number of nitrogens with two attached hydrogens (primary N) is 1. The van der Waals surface area contributed by atoms with Gasteiger partial charge in [-0.05, 0) is 24.6 Å². The van der Waals surface area contributed by atoms with E-state index in [0.717, 1.165) is 17.6 Å². The molecule has 1 aromatic rings. The summed E-state index contributed by atoms with van der Waals surface area (Å²) in [6.45, 7) is 9.46. The van der Waals surface area contributed by atoms with Gasteiger partial charge in [0.05, 0.1) is 19.3 Å². The van der Waals surface area contributed by atoms with Crippen molar-refractivity contribution in [1.29, 1.82) is 0 Å². The molecule has 0 bridgehead atoms. The van der Waals surface area contributed by atoms with E-state index >= 15 is 0 Å². The molecule has 0 saturated carbocycles. The lowest BCUT2D eigenvalue weighted by Gasteiger charge is -2.32. The first kappa shape index (κ1) is 16.3. The molecule has 1 aliphatic heterocycles. The number of halogens is 1. The fourth-order valence-electron chi connectivity index (χ4n) is 2.40. The van der Waals surface area contributed by atoms with Crippen LogP contribution in [-0.2, 0) is 10.2 Å². The molecular formula is C16H24BrN3O. The van der Waals surface area contributed by atoms with E-state index in [9.17, 15) is 0 Å². The minimum Gasteiger partial charge on any atom is -0.375 e. The largest absolute Gasteiger partial charge is 0.375 e. The van der Waals surface area contributed by atoms with Crippen LogP contribution in [0.5, 0.6) is 0 Å². The standard InChI is InChI=1S/C16H24BrN3O/c1-12-10-20(8-9-21-12)15(18)19-11-16(2,3)13-4-6-14(17)7-5-13/h4-7,12H,8-11H2,1-3H3,(H2,18,19). The van der Waals surface area contributed by atoms with E-state index in [1.54, 1.807) is 0 Å². The van der Waals surface area contributed by atoms with Gasteiger partial charge in [-0.3, -0.25) is 4.99 Å². The van der Waals surface area contributed by atoms with E-state index in [0.29, 0.717) is 19.1 Å². The number of benzene rings is 1. The molecule has 0 amide bonds. The maximum absolute atomic E-state index is 6.13. The van der Waals surface area contributed by atoms with Gasteiger partial charge in [0.25, 0.3) is 0 Å². The van der Waals surface area contributed by atoms with Crippen LogP contribution < -0.4 is 5.73 Å². The quantitative estimate of drug-likeness (QED) is 0.671. The summed E-state index contributed by atoms with van der Waals surface area (Å²) in [5.41, 5.74) is 7.36. The predicted octanol–water partition coefficient (Wildman–Crippen LogP) is 2.76. The lowest BCUT2D eigenvalue weighted by Crippen LogP contribution is -2.48. The van der Waals surface area contributed by atoms with Crippen molar-refractivity contribution in [1.82, 2.24) is 4.90 Å². The molecule has 1 heterocycles. The number of morpholine rings is 1. The summed E-state index contributed by atoms with van der Waals surface area (Å²) in [6.07, 6.45) is 0.215. The summed E-state index contributed by atoms with van der Waals surface area (Å²) in [5.74, 6) is 0.621. The Labute approximate surface area is 135 Å². The second kappa shape index (κ2) is 6.79. The number of ether oxygens (including phenoxy) is 1. The van der Waals surface area contributed by atoms with Crippen molar-refractivity contribution < 1.29 is 4.74 Å². The number of nitrogens with zero attached hydrogens (tertiary/aromatic N) is 2. The average Bonchev–Trinajstić information content (AvgIpc) is 2.45. The highest BCUT2D eigenvalue weighted by Crippen LogP contribution is 2.25. The summed E-state index contributed by atoms with van der Waals surface area (Å²) in [5, 5.41) is 0. The van der Waals surface area contributed by atoms with Gasteiger partial charge in [0, 0.05) is 23.0 Å². The van der Waals surface area contributed by atoms with Gasteiger partial charge in [-0.15, -0.1) is 0 Å². The van der Waals surface area contributed by atoms with Crippen LogP contribution in [0.2, 0.25) is 0 Å². The minimum absolute atomic E-state index is 0.0385. The van der Waals surface area contributed by atoms with Gasteiger partial charge >= 0.3 is 0 Å². The van der Waals surface area contributed by atoms with E-state index in [4.69, 9.17) is 10.5 Å². The van der Waals surface area contributed by atoms with Crippen molar-refractivity contribution >= 4 is 21.9 Å². The first-order valence-electron chi connectivity index (χ1n) is 7.31. The maximum atomic E-state index is 6.13. The molecule has 1 aromatic carbocycles. The first-order valence-corrected chi connectivity index (χ1v) is 8.10. The van der Waals surface area contributed by atoms with Crippen LogP contribution in [0.4, 0.5) is 0 Å². The van der Waals surface area contributed by atoms with Crippen molar-refractivity contribution in [2.75, 3.05) is 26.2 Å². The second-order valence-corrected chi connectivity index (χ2v) is 7.11. The van der Waals surface area contributed by atoms with E-state index < -0.39 is 0 Å². The van der Waals surface area contributed by atoms with Crippen molar-refractivity contribution in [3.8, 4) is 0 Å². The molecule has 1 atom stereocenters. The lowest BCUT2D eigenvalue weighted by atomic mass is 9.85. The molecule has 2 rings (SSSR count). The van der Waals surface area contributed by atoms with Gasteiger partial charge in [-0.2, -0.15) is 0 Å². The summed E-state index contributed by atoms with van der Waals surface area (Å²) in [6, 6.07) is 8.39. The smallest absolute Gasteiger partial charge is 0.191 e. The maximum Gasteiger partial charge on any atom is 0.191 e. The Bertz CT molecular complexity index is 499. The van der Waals surface area contributed by atoms with E-state index in [1.807, 2.05) is 0 Å². The summed E-state index contributed by atoms with van der Waals surface area (Å²) < 4.78 is 6.62. The number of hydrogen-bond acceptors (Lipinski definition) is 2. The van der Waals surface area contributed by atoms with Gasteiger partial charge in [0.1, 0.15) is 0 Å². The molecule has 1 unspecified atom stereocenters. The number of aliphatic imine (C=N–C) groups is 1. The third-order valence-electron chi connectivity index (χ3n) is 3.83. The fraction of sp³-hybridized carbons (Fsp3) is 0.562. The monoisotopic (exact) mass is 353 g/mol. The summed E-state index contributed by atoms with van der Waals surface area (Å²) in [4.78, 5) is 6.71. The Hall–Kier alpha value is -1.07. The van der Waals surface area contributed by atoms with E-state index in [1.165, 1.54) is 5.56 Å². The zero-order chi connectivity index (χ0) is 15.5. The second-order valence-electron chi connectivity index (χ2n) is 6.19. The Morgan fingerprint density at radius 2 is 2.10 bits per heavy atom. The summed E-state index contributed by atoms with van der Waals surface area (Å²) >= 11 is 3.47. The van der Waals surface area contributed by atoms with Gasteiger partial charge < -0.3 is 15.4 Å². The highest BCUT2D eigenvalue weighted by molar-refractivity contribution is 9.10. The molecule has 1 saturated heterocycles. The Morgan fingerprint density at radius 3 is 2.71 bits per heavy atom.